The lowest BCUT2D eigenvalue weighted by molar-refractivity contribution is 0.0929. The molecule has 2 aromatic carbocycles. The van der Waals surface area contributed by atoms with E-state index in [1.165, 1.54) is 36.9 Å². The average Bonchev–Trinajstić information content (AvgIpc) is 2.64. The fourth-order valence-electron chi connectivity index (χ4n) is 3.55. The normalized spacial score (nSPS) is 18.6. The van der Waals surface area contributed by atoms with Crippen LogP contribution < -0.4 is 10.2 Å². The zero-order valence-corrected chi connectivity index (χ0v) is 16.5. The third kappa shape index (κ3) is 4.05. The quantitative estimate of drug-likeness (QED) is 0.771. The zero-order valence-electron chi connectivity index (χ0n) is 15.7. The molecule has 0 radical (unpaired) electrons. The second-order valence-corrected chi connectivity index (χ2v) is 9.00. The van der Waals surface area contributed by atoms with Crippen LogP contribution in [0.25, 0.3) is 0 Å². The largest absolute Gasteiger partial charge is 0.345 e. The maximum atomic E-state index is 12.7. The van der Waals surface area contributed by atoms with Crippen molar-refractivity contribution in [3.05, 3.63) is 65.2 Å². The van der Waals surface area contributed by atoms with Gasteiger partial charge in [-0.2, -0.15) is 0 Å². The van der Waals surface area contributed by atoms with E-state index in [2.05, 4.69) is 36.1 Å². The molecule has 144 valence electrons. The third-order valence-corrected chi connectivity index (χ3v) is 6.33. The van der Waals surface area contributed by atoms with E-state index in [4.69, 9.17) is 0 Å². The van der Waals surface area contributed by atoms with Gasteiger partial charge in [0, 0.05) is 5.56 Å². The van der Waals surface area contributed by atoms with Crippen LogP contribution in [0.5, 0.6) is 0 Å². The van der Waals surface area contributed by atoms with Crippen LogP contribution in [0.15, 0.2) is 53.4 Å². The first-order valence-electron chi connectivity index (χ1n) is 8.80. The van der Waals surface area contributed by atoms with Crippen LogP contribution >= 0.6 is 0 Å². The molecule has 1 aliphatic rings. The van der Waals surface area contributed by atoms with E-state index in [-0.39, 0.29) is 22.3 Å². The lowest BCUT2D eigenvalue weighted by atomic mass is 9.71. The van der Waals surface area contributed by atoms with E-state index in [0.717, 1.165) is 18.4 Å². The first-order valence-corrected chi connectivity index (χ1v) is 10.3. The summed E-state index contributed by atoms with van der Waals surface area (Å²) in [4.78, 5) is 19.1. The van der Waals surface area contributed by atoms with Crippen LogP contribution in [0.1, 0.15) is 54.2 Å². The van der Waals surface area contributed by atoms with E-state index >= 15 is 0 Å². The maximum absolute atomic E-state index is 12.7. The summed E-state index contributed by atoms with van der Waals surface area (Å²) in [5.74, 6) is -0.224. The fraction of sp³-hybridized carbons (Fsp3) is 0.350. The molecular weight excluding hydrogens is 364 g/mol. The first kappa shape index (κ1) is 19.5. The molecule has 3 rings (SSSR count). The molecule has 2 N–H and O–H groups in total. The molecule has 0 saturated heterocycles. The van der Waals surface area contributed by atoms with Gasteiger partial charge in [-0.05, 0) is 53.6 Å². The van der Waals surface area contributed by atoms with E-state index in [1.54, 1.807) is 0 Å². The SMILES string of the molecule is CONS(=O)(=O)c1ccc(C(=O)NC2CCC(C)(C)c3ccccc32)cc1. The van der Waals surface area contributed by atoms with Crippen LogP contribution in [-0.4, -0.2) is 21.4 Å². The summed E-state index contributed by atoms with van der Waals surface area (Å²) in [6.07, 6.45) is 1.84. The maximum Gasteiger partial charge on any atom is 0.262 e. The molecule has 0 spiro atoms. The van der Waals surface area contributed by atoms with Gasteiger partial charge in [-0.25, -0.2) is 8.42 Å². The number of amides is 1. The van der Waals surface area contributed by atoms with Gasteiger partial charge in [-0.15, -0.1) is 0 Å². The van der Waals surface area contributed by atoms with E-state index < -0.39 is 10.0 Å². The minimum Gasteiger partial charge on any atom is -0.345 e. The van der Waals surface area contributed by atoms with Crippen molar-refractivity contribution in [3.8, 4) is 0 Å². The molecule has 0 bridgehead atoms. The summed E-state index contributed by atoms with van der Waals surface area (Å²) >= 11 is 0. The number of benzene rings is 2. The first-order chi connectivity index (χ1) is 12.7. The van der Waals surface area contributed by atoms with Crippen molar-refractivity contribution in [1.29, 1.82) is 0 Å². The lowest BCUT2D eigenvalue weighted by Gasteiger charge is -2.37. The highest BCUT2D eigenvalue weighted by molar-refractivity contribution is 7.89. The fourth-order valence-corrected chi connectivity index (χ4v) is 4.36. The molecule has 1 unspecified atom stereocenters. The van der Waals surface area contributed by atoms with Crippen molar-refractivity contribution in [2.75, 3.05) is 7.11 Å². The molecule has 6 nitrogen and oxygen atoms in total. The zero-order chi connectivity index (χ0) is 19.7. The van der Waals surface area contributed by atoms with Crippen LogP contribution in [-0.2, 0) is 20.3 Å². The van der Waals surface area contributed by atoms with Gasteiger partial charge in [0.2, 0.25) is 0 Å². The third-order valence-electron chi connectivity index (χ3n) is 5.05. The molecule has 2 aromatic rings. The number of hydrogen-bond donors (Lipinski definition) is 2. The Morgan fingerprint density at radius 3 is 2.44 bits per heavy atom. The van der Waals surface area contributed by atoms with Gasteiger partial charge < -0.3 is 5.32 Å². The van der Waals surface area contributed by atoms with Gasteiger partial charge >= 0.3 is 0 Å². The number of fused-ring (bicyclic) bond motifs is 1. The number of hydrogen-bond acceptors (Lipinski definition) is 4. The van der Waals surface area contributed by atoms with Crippen molar-refractivity contribution in [3.63, 3.8) is 0 Å². The minimum atomic E-state index is -3.74. The smallest absolute Gasteiger partial charge is 0.262 e. The molecular formula is C20H24N2O4S. The number of sulfonamides is 1. The Hall–Kier alpha value is -2.22. The molecule has 1 atom stereocenters. The van der Waals surface area contributed by atoms with Gasteiger partial charge in [-0.3, -0.25) is 9.63 Å². The molecule has 0 aliphatic heterocycles. The Labute approximate surface area is 159 Å². The van der Waals surface area contributed by atoms with Crippen molar-refractivity contribution < 1.29 is 18.0 Å². The topological polar surface area (TPSA) is 84.5 Å². The predicted molar refractivity (Wildman–Crippen MR) is 103 cm³/mol. The molecule has 1 aliphatic carbocycles. The van der Waals surface area contributed by atoms with Crippen LogP contribution in [0.4, 0.5) is 0 Å². The standard InChI is InChI=1S/C20H24N2O4S/c1-20(2)13-12-18(16-6-4-5-7-17(16)20)21-19(23)14-8-10-15(11-9-14)27(24,25)22-26-3/h4-11,18,22H,12-13H2,1-3H3,(H,21,23). The molecule has 0 aromatic heterocycles. The Kier molecular flexibility index (Phi) is 5.37. The van der Waals surface area contributed by atoms with Gasteiger partial charge in [0.15, 0.2) is 0 Å². The highest BCUT2D eigenvalue weighted by atomic mass is 32.2. The monoisotopic (exact) mass is 388 g/mol. The highest BCUT2D eigenvalue weighted by Crippen LogP contribution is 2.41. The van der Waals surface area contributed by atoms with E-state index in [0.29, 0.717) is 5.56 Å². The van der Waals surface area contributed by atoms with Crippen molar-refractivity contribution in [2.45, 2.75) is 43.0 Å². The van der Waals surface area contributed by atoms with Gasteiger partial charge in [0.25, 0.3) is 15.9 Å². The van der Waals surface area contributed by atoms with E-state index in [1.807, 2.05) is 17.0 Å². The van der Waals surface area contributed by atoms with Crippen LogP contribution in [0.2, 0.25) is 0 Å². The number of rotatable bonds is 5. The number of nitrogens with one attached hydrogen (secondary N) is 2. The number of carbonyl (C=O) groups excluding carboxylic acids is 1. The molecule has 0 heterocycles. The summed E-state index contributed by atoms with van der Waals surface area (Å²) in [5.41, 5.74) is 2.90. The number of carbonyl (C=O) groups is 1. The summed E-state index contributed by atoms with van der Waals surface area (Å²) in [6.45, 7) is 4.44. The van der Waals surface area contributed by atoms with Crippen molar-refractivity contribution in [1.82, 2.24) is 10.2 Å². The Balaban J connectivity index is 1.78. The van der Waals surface area contributed by atoms with Gasteiger partial charge in [0.1, 0.15) is 0 Å². The molecule has 0 saturated carbocycles. The lowest BCUT2D eigenvalue weighted by Crippen LogP contribution is -2.35. The van der Waals surface area contributed by atoms with Crippen molar-refractivity contribution >= 4 is 15.9 Å². The molecule has 27 heavy (non-hydrogen) atoms. The second-order valence-electron chi connectivity index (χ2n) is 7.35. The minimum absolute atomic E-state index is 0.0330. The van der Waals surface area contributed by atoms with E-state index in [9.17, 15) is 13.2 Å². The van der Waals surface area contributed by atoms with Crippen LogP contribution in [0, 0.1) is 0 Å². The summed E-state index contributed by atoms with van der Waals surface area (Å²) in [5, 5.41) is 3.08. The Morgan fingerprint density at radius 2 is 1.78 bits per heavy atom. The summed E-state index contributed by atoms with van der Waals surface area (Å²) in [7, 11) is -2.51. The predicted octanol–water partition coefficient (Wildman–Crippen LogP) is 3.07. The van der Waals surface area contributed by atoms with Crippen molar-refractivity contribution in [2.24, 2.45) is 0 Å². The van der Waals surface area contributed by atoms with Gasteiger partial charge in [-0.1, -0.05) is 43.0 Å². The molecule has 1 amide bonds. The Morgan fingerprint density at radius 1 is 1.11 bits per heavy atom. The van der Waals surface area contributed by atoms with Gasteiger partial charge in [0.05, 0.1) is 18.0 Å². The molecule has 7 heteroatoms. The highest BCUT2D eigenvalue weighted by Gasteiger charge is 2.33. The average molecular weight is 388 g/mol. The summed E-state index contributed by atoms with van der Waals surface area (Å²) in [6, 6.07) is 13.9. The summed E-state index contributed by atoms with van der Waals surface area (Å²) < 4.78 is 23.8. The second kappa shape index (κ2) is 7.42. The Bertz CT molecular complexity index is 937. The van der Waals surface area contributed by atoms with Crippen LogP contribution in [0.3, 0.4) is 0 Å². The molecule has 0 fully saturated rings.